The minimum absolute atomic E-state index is 0.0834. The number of amides is 1. The summed E-state index contributed by atoms with van der Waals surface area (Å²) < 4.78 is 0. The Balaban J connectivity index is 2.65. The van der Waals surface area contributed by atoms with E-state index in [0.717, 1.165) is 0 Å². The number of carbonyl (C=O) groups is 2. The quantitative estimate of drug-likeness (QED) is 0.749. The number of benzene rings is 1. The first-order valence-corrected chi connectivity index (χ1v) is 6.12. The molecule has 5 nitrogen and oxygen atoms in total. The lowest BCUT2D eigenvalue weighted by Crippen LogP contribution is -2.45. The largest absolute Gasteiger partial charge is 0.479 e. The molecule has 3 N–H and O–H groups in total. The third kappa shape index (κ3) is 5.52. The molecule has 1 atom stereocenters. The van der Waals surface area contributed by atoms with Crippen molar-refractivity contribution in [1.29, 1.82) is 0 Å². The van der Waals surface area contributed by atoms with Crippen LogP contribution in [0.4, 0.5) is 0 Å². The van der Waals surface area contributed by atoms with E-state index in [1.54, 1.807) is 30.3 Å². The number of hydrogen-bond acceptors (Lipinski definition) is 3. The van der Waals surface area contributed by atoms with E-state index in [-0.39, 0.29) is 18.0 Å². The zero-order valence-electron chi connectivity index (χ0n) is 11.4. The Hall–Kier alpha value is -1.88. The van der Waals surface area contributed by atoms with Gasteiger partial charge in [-0.3, -0.25) is 4.79 Å². The molecular weight excluding hydrogens is 244 g/mol. The van der Waals surface area contributed by atoms with Gasteiger partial charge in [-0.25, -0.2) is 4.79 Å². The molecule has 1 aromatic rings. The van der Waals surface area contributed by atoms with E-state index in [1.807, 2.05) is 20.8 Å². The molecule has 1 amide bonds. The number of carbonyl (C=O) groups excluding carboxylic acids is 1. The van der Waals surface area contributed by atoms with Crippen molar-refractivity contribution in [3.8, 4) is 0 Å². The standard InChI is InChI=1S/C14H20N2O3/c1-14(2,3)15-9-11(17)16-12(13(18)19)10-7-5-4-6-8-10/h4-8,12,15H,9H2,1-3H3,(H,16,17)(H,18,19)/t12-/m0/s1. The predicted octanol–water partition coefficient (Wildman–Crippen LogP) is 1.32. The maximum absolute atomic E-state index is 11.7. The summed E-state index contributed by atoms with van der Waals surface area (Å²) in [7, 11) is 0. The van der Waals surface area contributed by atoms with Gasteiger partial charge in [-0.1, -0.05) is 30.3 Å². The third-order valence-corrected chi connectivity index (χ3v) is 2.46. The Labute approximate surface area is 113 Å². The Morgan fingerprint density at radius 1 is 1.21 bits per heavy atom. The summed E-state index contributed by atoms with van der Waals surface area (Å²) in [6.45, 7) is 5.89. The van der Waals surface area contributed by atoms with Gasteiger partial charge in [0.05, 0.1) is 6.54 Å². The molecule has 0 aliphatic rings. The molecule has 0 saturated carbocycles. The van der Waals surface area contributed by atoms with Gasteiger partial charge in [-0.15, -0.1) is 0 Å². The highest BCUT2D eigenvalue weighted by Crippen LogP contribution is 2.12. The zero-order valence-corrected chi connectivity index (χ0v) is 11.4. The second-order valence-corrected chi connectivity index (χ2v) is 5.35. The molecule has 0 radical (unpaired) electrons. The van der Waals surface area contributed by atoms with Gasteiger partial charge < -0.3 is 15.7 Å². The van der Waals surface area contributed by atoms with Crippen LogP contribution in [0.1, 0.15) is 32.4 Å². The summed E-state index contributed by atoms with van der Waals surface area (Å²) in [4.78, 5) is 22.9. The fourth-order valence-corrected chi connectivity index (χ4v) is 1.49. The van der Waals surface area contributed by atoms with E-state index in [2.05, 4.69) is 10.6 Å². The summed E-state index contributed by atoms with van der Waals surface area (Å²) in [5.74, 6) is -1.42. The lowest BCUT2D eigenvalue weighted by molar-refractivity contribution is -0.141. The average Bonchev–Trinajstić information content (AvgIpc) is 2.33. The maximum atomic E-state index is 11.7. The van der Waals surface area contributed by atoms with Crippen LogP contribution in [0, 0.1) is 0 Å². The average molecular weight is 264 g/mol. The van der Waals surface area contributed by atoms with Crippen LogP contribution in [0.5, 0.6) is 0 Å². The summed E-state index contributed by atoms with van der Waals surface area (Å²) in [5.41, 5.74) is 0.363. The molecule has 1 aromatic carbocycles. The molecule has 104 valence electrons. The number of carboxylic acid groups (broad SMARTS) is 1. The Morgan fingerprint density at radius 3 is 2.26 bits per heavy atom. The van der Waals surface area contributed by atoms with Crippen LogP contribution in [0.2, 0.25) is 0 Å². The maximum Gasteiger partial charge on any atom is 0.330 e. The lowest BCUT2D eigenvalue weighted by Gasteiger charge is -2.21. The van der Waals surface area contributed by atoms with Crippen molar-refractivity contribution in [1.82, 2.24) is 10.6 Å². The number of carboxylic acids is 1. The van der Waals surface area contributed by atoms with Gasteiger partial charge in [0.1, 0.15) is 0 Å². The second kappa shape index (κ2) is 6.33. The first-order valence-electron chi connectivity index (χ1n) is 6.12. The monoisotopic (exact) mass is 264 g/mol. The van der Waals surface area contributed by atoms with Gasteiger partial charge >= 0.3 is 5.97 Å². The highest BCUT2D eigenvalue weighted by Gasteiger charge is 2.22. The fourth-order valence-electron chi connectivity index (χ4n) is 1.49. The summed E-state index contributed by atoms with van der Waals surface area (Å²) in [5, 5.41) is 14.7. The van der Waals surface area contributed by atoms with E-state index >= 15 is 0 Å². The van der Waals surface area contributed by atoms with Crippen molar-refractivity contribution < 1.29 is 14.7 Å². The van der Waals surface area contributed by atoms with Crippen LogP contribution in [0.3, 0.4) is 0 Å². The number of rotatable bonds is 5. The van der Waals surface area contributed by atoms with Crippen molar-refractivity contribution in [3.05, 3.63) is 35.9 Å². The van der Waals surface area contributed by atoms with E-state index in [1.165, 1.54) is 0 Å². The van der Waals surface area contributed by atoms with Gasteiger partial charge in [0, 0.05) is 5.54 Å². The molecule has 19 heavy (non-hydrogen) atoms. The molecule has 0 aliphatic heterocycles. The van der Waals surface area contributed by atoms with Crippen LogP contribution >= 0.6 is 0 Å². The number of aliphatic carboxylic acids is 1. The van der Waals surface area contributed by atoms with E-state index in [9.17, 15) is 9.59 Å². The Bertz CT molecular complexity index is 438. The normalized spacial score (nSPS) is 12.8. The predicted molar refractivity (Wildman–Crippen MR) is 72.7 cm³/mol. The molecule has 0 heterocycles. The second-order valence-electron chi connectivity index (χ2n) is 5.35. The van der Waals surface area contributed by atoms with Crippen molar-refractivity contribution in [3.63, 3.8) is 0 Å². The smallest absolute Gasteiger partial charge is 0.330 e. The van der Waals surface area contributed by atoms with Crippen LogP contribution in [0.15, 0.2) is 30.3 Å². The molecule has 0 spiro atoms. The molecule has 1 rings (SSSR count). The van der Waals surface area contributed by atoms with E-state index < -0.39 is 12.0 Å². The molecule has 0 fully saturated rings. The van der Waals surface area contributed by atoms with Crippen LogP contribution in [-0.2, 0) is 9.59 Å². The molecule has 5 heteroatoms. The number of nitrogens with one attached hydrogen (secondary N) is 2. The first kappa shape index (κ1) is 15.2. The molecule has 0 unspecified atom stereocenters. The molecule has 0 aliphatic carbocycles. The topological polar surface area (TPSA) is 78.4 Å². The van der Waals surface area contributed by atoms with E-state index in [0.29, 0.717) is 5.56 Å². The minimum Gasteiger partial charge on any atom is -0.479 e. The third-order valence-electron chi connectivity index (χ3n) is 2.46. The van der Waals surface area contributed by atoms with Crippen molar-refractivity contribution in [2.24, 2.45) is 0 Å². The van der Waals surface area contributed by atoms with Crippen molar-refractivity contribution in [2.75, 3.05) is 6.54 Å². The van der Waals surface area contributed by atoms with Gasteiger partial charge in [0.2, 0.25) is 5.91 Å². The molecule has 0 saturated heterocycles. The van der Waals surface area contributed by atoms with Crippen molar-refractivity contribution in [2.45, 2.75) is 32.4 Å². The SMILES string of the molecule is CC(C)(C)NCC(=O)N[C@H](C(=O)O)c1ccccc1. The number of hydrogen-bond donors (Lipinski definition) is 3. The molecular formula is C14H20N2O3. The van der Waals surface area contributed by atoms with E-state index in [4.69, 9.17) is 5.11 Å². The summed E-state index contributed by atoms with van der Waals surface area (Å²) in [6, 6.07) is 7.61. The van der Waals surface area contributed by atoms with Gasteiger partial charge in [0.15, 0.2) is 6.04 Å². The van der Waals surface area contributed by atoms with Crippen molar-refractivity contribution >= 4 is 11.9 Å². The highest BCUT2D eigenvalue weighted by molar-refractivity contribution is 5.85. The molecule has 0 aromatic heterocycles. The fraction of sp³-hybridized carbons (Fsp3) is 0.429. The molecule has 0 bridgehead atoms. The Kier molecular flexibility index (Phi) is 5.06. The summed E-state index contributed by atoms with van der Waals surface area (Å²) >= 11 is 0. The van der Waals surface area contributed by atoms with Crippen LogP contribution in [-0.4, -0.2) is 29.1 Å². The lowest BCUT2D eigenvalue weighted by atomic mass is 10.1. The van der Waals surface area contributed by atoms with Gasteiger partial charge in [0.25, 0.3) is 0 Å². The van der Waals surface area contributed by atoms with Crippen LogP contribution < -0.4 is 10.6 Å². The minimum atomic E-state index is -1.07. The highest BCUT2D eigenvalue weighted by atomic mass is 16.4. The van der Waals surface area contributed by atoms with Gasteiger partial charge in [-0.2, -0.15) is 0 Å². The van der Waals surface area contributed by atoms with Gasteiger partial charge in [-0.05, 0) is 26.3 Å². The summed E-state index contributed by atoms with van der Waals surface area (Å²) in [6.07, 6.45) is 0. The zero-order chi connectivity index (χ0) is 14.5. The first-order chi connectivity index (χ1) is 8.79. The van der Waals surface area contributed by atoms with Crippen LogP contribution in [0.25, 0.3) is 0 Å². The Morgan fingerprint density at radius 2 is 1.79 bits per heavy atom.